The van der Waals surface area contributed by atoms with Crippen LogP contribution in [0.25, 0.3) is 10.2 Å². The van der Waals surface area contributed by atoms with Crippen LogP contribution in [0.1, 0.15) is 30.2 Å². The van der Waals surface area contributed by atoms with E-state index in [9.17, 15) is 4.79 Å². The summed E-state index contributed by atoms with van der Waals surface area (Å²) in [6, 6.07) is 7.32. The van der Waals surface area contributed by atoms with Crippen LogP contribution in [0.2, 0.25) is 5.02 Å². The molecule has 0 aliphatic carbocycles. The largest absolute Gasteiger partial charge is 0.493 e. The Morgan fingerprint density at radius 1 is 1.26 bits per heavy atom. The molecule has 0 aliphatic rings. The number of ether oxygens (including phenoxy) is 1. The fourth-order valence-corrected chi connectivity index (χ4v) is 4.79. The SMILES string of the molecule is CCCCn1c(SCCOc2ccc(Cl)cc2)nc2sc(C)c(C)c2c1=O. The number of nitrogens with zero attached hydrogens (tertiary/aromatic N) is 2. The van der Waals surface area contributed by atoms with E-state index in [1.54, 1.807) is 23.1 Å². The summed E-state index contributed by atoms with van der Waals surface area (Å²) < 4.78 is 7.58. The number of halogens is 1. The number of benzene rings is 1. The molecule has 0 saturated carbocycles. The quantitative estimate of drug-likeness (QED) is 0.265. The van der Waals surface area contributed by atoms with Gasteiger partial charge >= 0.3 is 0 Å². The number of aryl methyl sites for hydroxylation is 2. The molecule has 0 N–H and O–H groups in total. The second-order valence-corrected chi connectivity index (χ2v) is 9.02. The van der Waals surface area contributed by atoms with Crippen LogP contribution in [-0.4, -0.2) is 21.9 Å². The lowest BCUT2D eigenvalue weighted by Crippen LogP contribution is -2.23. The van der Waals surface area contributed by atoms with Crippen molar-refractivity contribution in [3.63, 3.8) is 0 Å². The molecule has 0 unspecified atom stereocenters. The van der Waals surface area contributed by atoms with Crippen LogP contribution >= 0.6 is 34.7 Å². The van der Waals surface area contributed by atoms with Gasteiger partial charge in [0.15, 0.2) is 5.16 Å². The molecule has 0 fully saturated rings. The first kappa shape index (κ1) is 20.2. The summed E-state index contributed by atoms with van der Waals surface area (Å²) in [5, 5.41) is 2.24. The number of aromatic nitrogens is 2. The van der Waals surface area contributed by atoms with Gasteiger partial charge in [0, 0.05) is 22.2 Å². The van der Waals surface area contributed by atoms with Crippen LogP contribution < -0.4 is 10.3 Å². The Morgan fingerprint density at radius 3 is 2.70 bits per heavy atom. The molecule has 4 nitrogen and oxygen atoms in total. The maximum Gasteiger partial charge on any atom is 0.263 e. The van der Waals surface area contributed by atoms with Gasteiger partial charge in [-0.3, -0.25) is 9.36 Å². The molecule has 3 aromatic rings. The number of fused-ring (bicyclic) bond motifs is 1. The molecule has 2 heterocycles. The molecular weight excluding hydrogens is 400 g/mol. The Hall–Kier alpha value is -1.50. The summed E-state index contributed by atoms with van der Waals surface area (Å²) in [6.45, 7) is 7.42. The first-order valence-electron chi connectivity index (χ1n) is 9.03. The zero-order chi connectivity index (χ0) is 19.4. The molecule has 144 valence electrons. The van der Waals surface area contributed by atoms with Crippen molar-refractivity contribution < 1.29 is 4.74 Å². The molecule has 0 aliphatic heterocycles. The Labute approximate surface area is 172 Å². The molecule has 0 amide bonds. The van der Waals surface area contributed by atoms with Crippen molar-refractivity contribution in [1.29, 1.82) is 0 Å². The average molecular weight is 423 g/mol. The van der Waals surface area contributed by atoms with E-state index in [-0.39, 0.29) is 5.56 Å². The molecule has 3 rings (SSSR count). The zero-order valence-corrected chi connectivity index (χ0v) is 18.1. The Kier molecular flexibility index (Phi) is 6.84. The monoisotopic (exact) mass is 422 g/mol. The standard InChI is InChI=1S/C20H23ClN2O2S2/c1-4-5-10-23-19(24)17-13(2)14(3)27-18(17)22-20(23)26-12-11-25-16-8-6-15(21)7-9-16/h6-9H,4-5,10-12H2,1-3H3. The van der Waals surface area contributed by atoms with Crippen LogP contribution in [-0.2, 0) is 6.54 Å². The van der Waals surface area contributed by atoms with Gasteiger partial charge in [0.1, 0.15) is 10.6 Å². The van der Waals surface area contributed by atoms with Crippen molar-refractivity contribution in [2.75, 3.05) is 12.4 Å². The molecule has 0 radical (unpaired) electrons. The molecule has 1 aromatic carbocycles. The normalized spacial score (nSPS) is 11.3. The van der Waals surface area contributed by atoms with Crippen LogP contribution in [0.4, 0.5) is 0 Å². The summed E-state index contributed by atoms with van der Waals surface area (Å²) in [5.41, 5.74) is 1.14. The van der Waals surface area contributed by atoms with Crippen molar-refractivity contribution in [3.8, 4) is 5.75 Å². The predicted octanol–water partition coefficient (Wildman–Crippen LogP) is 5.70. The van der Waals surface area contributed by atoms with Crippen molar-refractivity contribution in [2.45, 2.75) is 45.3 Å². The lowest BCUT2D eigenvalue weighted by atomic mass is 10.2. The van der Waals surface area contributed by atoms with E-state index in [2.05, 4.69) is 6.92 Å². The van der Waals surface area contributed by atoms with E-state index in [1.165, 1.54) is 0 Å². The van der Waals surface area contributed by atoms with Gasteiger partial charge in [0.05, 0.1) is 12.0 Å². The van der Waals surface area contributed by atoms with Crippen LogP contribution in [0.15, 0.2) is 34.2 Å². The number of thiophene rings is 1. The molecule has 0 bridgehead atoms. The van der Waals surface area contributed by atoms with Gasteiger partial charge in [0.25, 0.3) is 5.56 Å². The third kappa shape index (κ3) is 4.68. The van der Waals surface area contributed by atoms with E-state index < -0.39 is 0 Å². The van der Waals surface area contributed by atoms with E-state index in [1.807, 2.05) is 42.7 Å². The van der Waals surface area contributed by atoms with Crippen molar-refractivity contribution in [1.82, 2.24) is 9.55 Å². The summed E-state index contributed by atoms with van der Waals surface area (Å²) in [6.07, 6.45) is 2.00. The molecule has 27 heavy (non-hydrogen) atoms. The molecule has 2 aromatic heterocycles. The fourth-order valence-electron chi connectivity index (χ4n) is 2.76. The van der Waals surface area contributed by atoms with E-state index >= 15 is 0 Å². The second kappa shape index (κ2) is 9.13. The summed E-state index contributed by atoms with van der Waals surface area (Å²) in [7, 11) is 0. The molecule has 7 heteroatoms. The summed E-state index contributed by atoms with van der Waals surface area (Å²) in [5.74, 6) is 1.51. The van der Waals surface area contributed by atoms with Crippen LogP contribution in [0.3, 0.4) is 0 Å². The molecule has 0 spiro atoms. The van der Waals surface area contributed by atoms with Crippen molar-refractivity contribution in [3.05, 3.63) is 50.1 Å². The van der Waals surface area contributed by atoms with E-state index in [0.717, 1.165) is 50.2 Å². The third-order valence-electron chi connectivity index (χ3n) is 4.39. The predicted molar refractivity (Wildman–Crippen MR) is 116 cm³/mol. The van der Waals surface area contributed by atoms with Crippen LogP contribution in [0, 0.1) is 13.8 Å². The number of rotatable bonds is 8. The van der Waals surface area contributed by atoms with Gasteiger partial charge < -0.3 is 4.74 Å². The van der Waals surface area contributed by atoms with Crippen molar-refractivity contribution >= 4 is 44.9 Å². The van der Waals surface area contributed by atoms with Crippen molar-refractivity contribution in [2.24, 2.45) is 0 Å². The highest BCUT2D eigenvalue weighted by atomic mass is 35.5. The first-order valence-corrected chi connectivity index (χ1v) is 11.2. The fraction of sp³-hybridized carbons (Fsp3) is 0.400. The third-order valence-corrected chi connectivity index (χ3v) is 6.68. The smallest absolute Gasteiger partial charge is 0.263 e. The van der Waals surface area contributed by atoms with Gasteiger partial charge in [-0.25, -0.2) is 4.98 Å². The van der Waals surface area contributed by atoms with Gasteiger partial charge in [0.2, 0.25) is 0 Å². The lowest BCUT2D eigenvalue weighted by molar-refractivity contribution is 0.343. The topological polar surface area (TPSA) is 44.1 Å². The Balaban J connectivity index is 1.77. The minimum atomic E-state index is 0.0800. The second-order valence-electron chi connectivity index (χ2n) is 6.32. The lowest BCUT2D eigenvalue weighted by Gasteiger charge is -2.12. The minimum Gasteiger partial charge on any atom is -0.493 e. The number of hydrogen-bond acceptors (Lipinski definition) is 5. The number of thioether (sulfide) groups is 1. The molecular formula is C20H23ClN2O2S2. The van der Waals surface area contributed by atoms with E-state index in [0.29, 0.717) is 18.2 Å². The Morgan fingerprint density at radius 2 is 2.00 bits per heavy atom. The van der Waals surface area contributed by atoms with Gasteiger partial charge in [-0.15, -0.1) is 11.3 Å². The Bertz CT molecular complexity index is 980. The maximum atomic E-state index is 13.0. The van der Waals surface area contributed by atoms with Gasteiger partial charge in [-0.1, -0.05) is 36.7 Å². The highest BCUT2D eigenvalue weighted by Crippen LogP contribution is 2.28. The average Bonchev–Trinajstić information content (AvgIpc) is 2.94. The zero-order valence-electron chi connectivity index (χ0n) is 15.8. The van der Waals surface area contributed by atoms with Gasteiger partial charge in [-0.2, -0.15) is 0 Å². The maximum absolute atomic E-state index is 13.0. The summed E-state index contributed by atoms with van der Waals surface area (Å²) in [4.78, 5) is 19.8. The summed E-state index contributed by atoms with van der Waals surface area (Å²) >= 11 is 9.06. The highest BCUT2D eigenvalue weighted by Gasteiger charge is 2.16. The first-order chi connectivity index (χ1) is 13.0. The highest BCUT2D eigenvalue weighted by molar-refractivity contribution is 7.99. The minimum absolute atomic E-state index is 0.0800. The molecule has 0 saturated heterocycles. The number of hydrogen-bond donors (Lipinski definition) is 0. The molecule has 0 atom stereocenters. The number of unbranched alkanes of at least 4 members (excludes halogenated alkanes) is 1. The van der Waals surface area contributed by atoms with Crippen LogP contribution in [0.5, 0.6) is 5.75 Å². The van der Waals surface area contributed by atoms with Gasteiger partial charge in [-0.05, 0) is 50.1 Å². The van der Waals surface area contributed by atoms with E-state index in [4.69, 9.17) is 21.3 Å².